The van der Waals surface area contributed by atoms with Crippen molar-refractivity contribution in [2.45, 2.75) is 17.3 Å². The van der Waals surface area contributed by atoms with Gasteiger partial charge in [-0.05, 0) is 41.6 Å². The monoisotopic (exact) mass is 313 g/mol. The molecule has 1 atom stereocenters. The van der Waals surface area contributed by atoms with Gasteiger partial charge in [-0.25, -0.2) is 0 Å². The van der Waals surface area contributed by atoms with Crippen LogP contribution in [0.5, 0.6) is 5.75 Å². The van der Waals surface area contributed by atoms with Gasteiger partial charge in [-0.2, -0.15) is 0 Å². The number of nitrogens with two attached hydrogens (primary N) is 1. The molecule has 0 aliphatic rings. The van der Waals surface area contributed by atoms with Crippen molar-refractivity contribution in [2.24, 2.45) is 5.73 Å². The Bertz CT molecular complexity index is 581. The topological polar surface area (TPSA) is 35.2 Å². The minimum absolute atomic E-state index is 0.254. The SMILES string of the molecule is CSc1ccc([C@@H](N)c2ccc(OC(F)(F)F)cc2)cc1. The number of rotatable bonds is 4. The average molecular weight is 313 g/mol. The molecule has 0 fully saturated rings. The largest absolute Gasteiger partial charge is 0.573 e. The molecule has 2 N–H and O–H groups in total. The van der Waals surface area contributed by atoms with Crippen molar-refractivity contribution >= 4 is 11.8 Å². The van der Waals surface area contributed by atoms with Crippen LogP contribution < -0.4 is 10.5 Å². The third-order valence-corrected chi connectivity index (χ3v) is 3.69. The van der Waals surface area contributed by atoms with Gasteiger partial charge in [-0.1, -0.05) is 24.3 Å². The summed E-state index contributed by atoms with van der Waals surface area (Å²) in [6.45, 7) is 0. The molecule has 2 nitrogen and oxygen atoms in total. The highest BCUT2D eigenvalue weighted by Crippen LogP contribution is 2.26. The lowest BCUT2D eigenvalue weighted by Gasteiger charge is -2.14. The third-order valence-electron chi connectivity index (χ3n) is 2.95. The van der Waals surface area contributed by atoms with Crippen LogP contribution in [0.1, 0.15) is 17.2 Å². The lowest BCUT2D eigenvalue weighted by atomic mass is 10.00. The summed E-state index contributed by atoms with van der Waals surface area (Å²) in [6, 6.07) is 13.0. The van der Waals surface area contributed by atoms with Gasteiger partial charge in [0.2, 0.25) is 0 Å². The highest BCUT2D eigenvalue weighted by Gasteiger charge is 2.31. The van der Waals surface area contributed by atoms with E-state index in [4.69, 9.17) is 5.73 Å². The molecule has 21 heavy (non-hydrogen) atoms. The van der Waals surface area contributed by atoms with Crippen LogP contribution in [0, 0.1) is 0 Å². The summed E-state index contributed by atoms with van der Waals surface area (Å²) < 4.78 is 40.1. The van der Waals surface area contributed by atoms with Gasteiger partial charge in [-0.3, -0.25) is 0 Å². The number of hydrogen-bond donors (Lipinski definition) is 1. The van der Waals surface area contributed by atoms with Gasteiger partial charge in [-0.15, -0.1) is 24.9 Å². The second-order valence-corrected chi connectivity index (χ2v) is 5.25. The molecule has 2 aromatic carbocycles. The molecule has 0 radical (unpaired) electrons. The van der Waals surface area contributed by atoms with Gasteiger partial charge in [0.15, 0.2) is 0 Å². The summed E-state index contributed by atoms with van der Waals surface area (Å²) in [5.74, 6) is -0.254. The van der Waals surface area contributed by atoms with E-state index in [9.17, 15) is 13.2 Å². The lowest BCUT2D eigenvalue weighted by Crippen LogP contribution is -2.17. The van der Waals surface area contributed by atoms with E-state index in [1.807, 2.05) is 30.5 Å². The number of hydrogen-bond acceptors (Lipinski definition) is 3. The first-order valence-electron chi connectivity index (χ1n) is 6.14. The van der Waals surface area contributed by atoms with Gasteiger partial charge in [0.05, 0.1) is 6.04 Å². The predicted molar refractivity (Wildman–Crippen MR) is 77.4 cm³/mol. The molecule has 0 saturated carbocycles. The first-order chi connectivity index (χ1) is 9.89. The zero-order valence-electron chi connectivity index (χ0n) is 11.2. The standard InChI is InChI=1S/C15H14F3NOS/c1-21-13-8-4-11(5-9-13)14(19)10-2-6-12(7-3-10)20-15(16,17)18/h2-9,14H,19H2,1H3/t14-/m0/s1. The molecule has 0 amide bonds. The molecule has 0 aliphatic carbocycles. The number of halogens is 3. The summed E-state index contributed by atoms with van der Waals surface area (Å²) in [5.41, 5.74) is 7.74. The van der Waals surface area contributed by atoms with Crippen LogP contribution in [0.25, 0.3) is 0 Å². The fourth-order valence-corrected chi connectivity index (χ4v) is 2.29. The molecule has 0 aromatic heterocycles. The quantitative estimate of drug-likeness (QED) is 0.852. The van der Waals surface area contributed by atoms with E-state index in [1.165, 1.54) is 24.3 Å². The van der Waals surface area contributed by atoms with Crippen LogP contribution in [0.15, 0.2) is 53.4 Å². The van der Waals surface area contributed by atoms with Gasteiger partial charge < -0.3 is 10.5 Å². The van der Waals surface area contributed by atoms with Crippen LogP contribution in [-0.2, 0) is 0 Å². The van der Waals surface area contributed by atoms with Gasteiger partial charge in [0, 0.05) is 4.90 Å². The van der Waals surface area contributed by atoms with Crippen LogP contribution >= 0.6 is 11.8 Å². The maximum Gasteiger partial charge on any atom is 0.573 e. The first-order valence-corrected chi connectivity index (χ1v) is 7.37. The van der Waals surface area contributed by atoms with Crippen LogP contribution in [-0.4, -0.2) is 12.6 Å². The lowest BCUT2D eigenvalue weighted by molar-refractivity contribution is -0.274. The third kappa shape index (κ3) is 4.41. The van der Waals surface area contributed by atoms with Crippen molar-refractivity contribution in [1.29, 1.82) is 0 Å². The van der Waals surface area contributed by atoms with E-state index in [1.54, 1.807) is 11.8 Å². The molecule has 0 bridgehead atoms. The van der Waals surface area contributed by atoms with Gasteiger partial charge >= 0.3 is 6.36 Å². The van der Waals surface area contributed by atoms with E-state index < -0.39 is 6.36 Å². The van der Waals surface area contributed by atoms with E-state index in [0.717, 1.165) is 16.0 Å². The zero-order chi connectivity index (χ0) is 15.5. The summed E-state index contributed by atoms with van der Waals surface area (Å²) in [4.78, 5) is 1.12. The van der Waals surface area contributed by atoms with E-state index in [0.29, 0.717) is 0 Å². The highest BCUT2D eigenvalue weighted by atomic mass is 32.2. The summed E-state index contributed by atoms with van der Waals surface area (Å²) in [7, 11) is 0. The maximum absolute atomic E-state index is 12.1. The number of ether oxygens (including phenoxy) is 1. The Kier molecular flexibility index (Phi) is 4.80. The Morgan fingerprint density at radius 3 is 1.86 bits per heavy atom. The molecule has 0 heterocycles. The van der Waals surface area contributed by atoms with Crippen molar-refractivity contribution in [3.05, 3.63) is 59.7 Å². The van der Waals surface area contributed by atoms with Crippen molar-refractivity contribution in [3.63, 3.8) is 0 Å². The summed E-state index contributed by atoms with van der Waals surface area (Å²) >= 11 is 1.63. The minimum atomic E-state index is -4.68. The molecular weight excluding hydrogens is 299 g/mol. The first kappa shape index (κ1) is 15.7. The van der Waals surface area contributed by atoms with E-state index >= 15 is 0 Å². The minimum Gasteiger partial charge on any atom is -0.406 e. The van der Waals surface area contributed by atoms with Gasteiger partial charge in [0.25, 0.3) is 0 Å². The Morgan fingerprint density at radius 1 is 0.952 bits per heavy atom. The van der Waals surface area contributed by atoms with Crippen LogP contribution in [0.2, 0.25) is 0 Å². The summed E-state index contributed by atoms with van der Waals surface area (Å²) in [6.07, 6.45) is -2.70. The van der Waals surface area contributed by atoms with Crippen LogP contribution in [0.4, 0.5) is 13.2 Å². The fourth-order valence-electron chi connectivity index (χ4n) is 1.88. The fraction of sp³-hybridized carbons (Fsp3) is 0.200. The van der Waals surface area contributed by atoms with Crippen molar-refractivity contribution in [3.8, 4) is 5.75 Å². The van der Waals surface area contributed by atoms with Gasteiger partial charge in [0.1, 0.15) is 5.75 Å². The molecule has 0 aliphatic heterocycles. The molecule has 0 unspecified atom stereocenters. The van der Waals surface area contributed by atoms with Crippen molar-refractivity contribution in [1.82, 2.24) is 0 Å². The molecular formula is C15H14F3NOS. The summed E-state index contributed by atoms with van der Waals surface area (Å²) in [5, 5.41) is 0. The average Bonchev–Trinajstić information content (AvgIpc) is 2.46. The molecule has 6 heteroatoms. The second-order valence-electron chi connectivity index (χ2n) is 4.37. The number of alkyl halides is 3. The normalized spacial score (nSPS) is 13.0. The zero-order valence-corrected chi connectivity index (χ0v) is 12.0. The molecule has 112 valence electrons. The van der Waals surface area contributed by atoms with Crippen molar-refractivity contribution < 1.29 is 17.9 Å². The Balaban J connectivity index is 2.13. The van der Waals surface area contributed by atoms with E-state index in [-0.39, 0.29) is 11.8 Å². The Morgan fingerprint density at radius 2 is 1.43 bits per heavy atom. The molecule has 2 rings (SSSR count). The second kappa shape index (κ2) is 6.41. The Hall–Kier alpha value is -1.66. The molecule has 0 saturated heterocycles. The highest BCUT2D eigenvalue weighted by molar-refractivity contribution is 7.98. The van der Waals surface area contributed by atoms with E-state index in [2.05, 4.69) is 4.74 Å². The molecule has 0 spiro atoms. The number of thioether (sulfide) groups is 1. The van der Waals surface area contributed by atoms with Crippen molar-refractivity contribution in [2.75, 3.05) is 6.26 Å². The number of benzene rings is 2. The molecule has 2 aromatic rings. The maximum atomic E-state index is 12.1. The van der Waals surface area contributed by atoms with Crippen LogP contribution in [0.3, 0.4) is 0 Å². The smallest absolute Gasteiger partial charge is 0.406 e. The Labute approximate surface area is 125 Å². The predicted octanol–water partition coefficient (Wildman–Crippen LogP) is 4.36.